The summed E-state index contributed by atoms with van der Waals surface area (Å²) >= 11 is 0. The number of ether oxygens (including phenoxy) is 1. The number of nitrogens with zero attached hydrogens (tertiary/aromatic N) is 2. The molecule has 4 nitrogen and oxygen atoms in total. The third-order valence-corrected chi connectivity index (χ3v) is 3.83. The molecule has 3 rings (SSSR count). The molecule has 0 bridgehead atoms. The number of benzene rings is 1. The lowest BCUT2D eigenvalue weighted by Crippen LogP contribution is -2.38. The van der Waals surface area contributed by atoms with Gasteiger partial charge < -0.3 is 4.74 Å². The molecule has 1 aliphatic rings. The molecule has 0 saturated heterocycles. The van der Waals surface area contributed by atoms with E-state index in [-0.39, 0.29) is 5.91 Å². The lowest BCUT2D eigenvalue weighted by Gasteiger charge is -2.25. The molecular weight excluding hydrogens is 264 g/mol. The van der Waals surface area contributed by atoms with Gasteiger partial charge in [-0.2, -0.15) is 0 Å². The van der Waals surface area contributed by atoms with Crippen LogP contribution in [0.25, 0.3) is 10.9 Å². The van der Waals surface area contributed by atoms with Crippen molar-refractivity contribution in [3.8, 4) is 5.75 Å². The molecule has 4 heteroatoms. The number of aromatic nitrogens is 1. The minimum absolute atomic E-state index is 0.121. The normalized spacial score (nSPS) is 14.4. The molecule has 1 aliphatic heterocycles. The summed E-state index contributed by atoms with van der Waals surface area (Å²) in [6.07, 6.45) is 0.867. The number of anilines is 1. The van der Waals surface area contributed by atoms with E-state index in [0.717, 1.165) is 34.5 Å². The second-order valence-corrected chi connectivity index (χ2v) is 6.49. The Morgan fingerprint density at radius 3 is 2.71 bits per heavy atom. The molecule has 2 heterocycles. The van der Waals surface area contributed by atoms with Crippen LogP contribution >= 0.6 is 0 Å². The number of rotatable bonds is 1. The van der Waals surface area contributed by atoms with E-state index in [9.17, 15) is 4.79 Å². The van der Waals surface area contributed by atoms with Gasteiger partial charge in [0.25, 0.3) is 0 Å². The molecule has 0 atom stereocenters. The highest BCUT2D eigenvalue weighted by Crippen LogP contribution is 2.33. The highest BCUT2D eigenvalue weighted by molar-refractivity contribution is 5.99. The fourth-order valence-electron chi connectivity index (χ4n) is 2.67. The van der Waals surface area contributed by atoms with Crippen molar-refractivity contribution in [3.05, 3.63) is 29.8 Å². The summed E-state index contributed by atoms with van der Waals surface area (Å²) in [6.45, 7) is 6.54. The Hall–Kier alpha value is -2.10. The van der Waals surface area contributed by atoms with Crippen LogP contribution in [0.2, 0.25) is 0 Å². The van der Waals surface area contributed by atoms with E-state index < -0.39 is 5.41 Å². The van der Waals surface area contributed by atoms with E-state index >= 15 is 0 Å². The van der Waals surface area contributed by atoms with Gasteiger partial charge in [-0.05, 0) is 30.2 Å². The van der Waals surface area contributed by atoms with Gasteiger partial charge in [0.2, 0.25) is 5.91 Å². The summed E-state index contributed by atoms with van der Waals surface area (Å²) < 4.78 is 5.25. The molecule has 0 spiro atoms. The van der Waals surface area contributed by atoms with Gasteiger partial charge in [-0.1, -0.05) is 20.8 Å². The molecule has 2 aromatic rings. The van der Waals surface area contributed by atoms with E-state index in [0.29, 0.717) is 6.54 Å². The molecule has 110 valence electrons. The first-order valence-electron chi connectivity index (χ1n) is 7.20. The van der Waals surface area contributed by atoms with Crippen LogP contribution in [0.5, 0.6) is 5.75 Å². The van der Waals surface area contributed by atoms with Crippen molar-refractivity contribution in [1.82, 2.24) is 4.98 Å². The average Bonchev–Trinajstić information content (AvgIpc) is 2.85. The molecule has 0 unspecified atom stereocenters. The van der Waals surface area contributed by atoms with Crippen LogP contribution in [0.1, 0.15) is 26.3 Å². The van der Waals surface area contributed by atoms with Gasteiger partial charge in [0.1, 0.15) is 11.6 Å². The predicted octanol–water partition coefficient (Wildman–Crippen LogP) is 3.18. The Kier molecular flexibility index (Phi) is 3.12. The van der Waals surface area contributed by atoms with Crippen molar-refractivity contribution in [2.45, 2.75) is 27.2 Å². The van der Waals surface area contributed by atoms with E-state index in [2.05, 4.69) is 6.07 Å². The minimum atomic E-state index is -0.396. The summed E-state index contributed by atoms with van der Waals surface area (Å²) in [5.41, 5.74) is 1.61. The minimum Gasteiger partial charge on any atom is -0.497 e. The van der Waals surface area contributed by atoms with E-state index in [1.807, 2.05) is 43.9 Å². The number of methoxy groups -OCH3 is 1. The van der Waals surface area contributed by atoms with Gasteiger partial charge >= 0.3 is 0 Å². The lowest BCUT2D eigenvalue weighted by atomic mass is 9.95. The average molecular weight is 284 g/mol. The number of hydrogen-bond acceptors (Lipinski definition) is 3. The first-order chi connectivity index (χ1) is 9.90. The van der Waals surface area contributed by atoms with Crippen molar-refractivity contribution in [1.29, 1.82) is 0 Å². The monoisotopic (exact) mass is 284 g/mol. The zero-order valence-corrected chi connectivity index (χ0v) is 12.9. The molecule has 21 heavy (non-hydrogen) atoms. The number of pyridine rings is 1. The molecule has 0 aliphatic carbocycles. The smallest absolute Gasteiger partial charge is 0.233 e. The fourth-order valence-corrected chi connectivity index (χ4v) is 2.67. The number of fused-ring (bicyclic) bond motifs is 2. The Bertz CT molecular complexity index is 717. The van der Waals surface area contributed by atoms with Gasteiger partial charge in [-0.3, -0.25) is 9.69 Å². The molecule has 1 aromatic heterocycles. The summed E-state index contributed by atoms with van der Waals surface area (Å²) in [5, 5.41) is 1.08. The van der Waals surface area contributed by atoms with Crippen LogP contribution in [0.15, 0.2) is 24.3 Å². The summed E-state index contributed by atoms with van der Waals surface area (Å²) in [5.74, 6) is 1.70. The molecule has 0 N–H and O–H groups in total. The van der Waals surface area contributed by atoms with Gasteiger partial charge in [0, 0.05) is 23.4 Å². The quantitative estimate of drug-likeness (QED) is 0.807. The lowest BCUT2D eigenvalue weighted by molar-refractivity contribution is -0.125. The molecule has 0 saturated carbocycles. The Morgan fingerprint density at radius 1 is 1.29 bits per heavy atom. The highest BCUT2D eigenvalue weighted by atomic mass is 16.5. The summed E-state index contributed by atoms with van der Waals surface area (Å²) in [6, 6.07) is 7.99. The third-order valence-electron chi connectivity index (χ3n) is 3.83. The van der Waals surface area contributed by atoms with Crippen molar-refractivity contribution in [3.63, 3.8) is 0 Å². The van der Waals surface area contributed by atoms with Gasteiger partial charge in [0.15, 0.2) is 0 Å². The standard InChI is InChI=1S/C17H20N2O2/c1-17(2,3)16(20)19-8-7-12-9-11-5-6-13(21-4)10-14(11)18-15(12)19/h5-6,9-10H,7-8H2,1-4H3. The predicted molar refractivity (Wildman–Crippen MR) is 83.8 cm³/mol. The SMILES string of the molecule is COc1ccc2cc3c(nc2c1)N(C(=O)C(C)(C)C)CC3. The molecule has 1 amide bonds. The maximum atomic E-state index is 12.6. The molecule has 0 fully saturated rings. The topological polar surface area (TPSA) is 42.4 Å². The first kappa shape index (κ1) is 13.9. The van der Waals surface area contributed by atoms with Gasteiger partial charge in [-0.25, -0.2) is 4.98 Å². The maximum absolute atomic E-state index is 12.6. The molecule has 1 aromatic carbocycles. The van der Waals surface area contributed by atoms with Crippen LogP contribution in [-0.4, -0.2) is 24.5 Å². The maximum Gasteiger partial charge on any atom is 0.233 e. The van der Waals surface area contributed by atoms with Crippen LogP contribution in [0.4, 0.5) is 5.82 Å². The Balaban J connectivity index is 2.09. The third kappa shape index (κ3) is 2.35. The summed E-state index contributed by atoms with van der Waals surface area (Å²) in [7, 11) is 1.64. The van der Waals surface area contributed by atoms with Crippen molar-refractivity contribution >= 4 is 22.6 Å². The zero-order chi connectivity index (χ0) is 15.2. The number of carbonyl (C=O) groups excluding carboxylic acids is 1. The van der Waals surface area contributed by atoms with E-state index in [1.54, 1.807) is 7.11 Å². The number of carbonyl (C=O) groups is 1. The van der Waals surface area contributed by atoms with Crippen molar-refractivity contribution in [2.75, 3.05) is 18.6 Å². The first-order valence-corrected chi connectivity index (χ1v) is 7.20. The van der Waals surface area contributed by atoms with Crippen LogP contribution in [0, 0.1) is 5.41 Å². The fraction of sp³-hybridized carbons (Fsp3) is 0.412. The second-order valence-electron chi connectivity index (χ2n) is 6.49. The molecular formula is C17H20N2O2. The molecule has 0 radical (unpaired) electrons. The van der Waals surface area contributed by atoms with Crippen LogP contribution in [0.3, 0.4) is 0 Å². The Morgan fingerprint density at radius 2 is 2.05 bits per heavy atom. The zero-order valence-electron chi connectivity index (χ0n) is 12.9. The van der Waals surface area contributed by atoms with E-state index in [1.165, 1.54) is 0 Å². The van der Waals surface area contributed by atoms with Gasteiger partial charge in [-0.15, -0.1) is 0 Å². The van der Waals surface area contributed by atoms with Crippen molar-refractivity contribution in [2.24, 2.45) is 5.41 Å². The largest absolute Gasteiger partial charge is 0.497 e. The summed E-state index contributed by atoms with van der Waals surface area (Å²) in [4.78, 5) is 19.1. The van der Waals surface area contributed by atoms with Gasteiger partial charge in [0.05, 0.1) is 12.6 Å². The van der Waals surface area contributed by atoms with E-state index in [4.69, 9.17) is 9.72 Å². The second kappa shape index (κ2) is 4.72. The highest BCUT2D eigenvalue weighted by Gasteiger charge is 2.33. The number of amides is 1. The van der Waals surface area contributed by atoms with Crippen molar-refractivity contribution < 1.29 is 9.53 Å². The van der Waals surface area contributed by atoms with Crippen LogP contribution < -0.4 is 9.64 Å². The van der Waals surface area contributed by atoms with Crippen LogP contribution in [-0.2, 0) is 11.2 Å². The Labute approximate surface area is 124 Å². The number of hydrogen-bond donors (Lipinski definition) is 0.